The van der Waals surface area contributed by atoms with Gasteiger partial charge in [-0.15, -0.1) is 24.8 Å². The zero-order valence-electron chi connectivity index (χ0n) is 18.3. The quantitative estimate of drug-likeness (QED) is 0.419. The van der Waals surface area contributed by atoms with E-state index in [1.54, 1.807) is 0 Å². The highest BCUT2D eigenvalue weighted by Gasteiger charge is 2.19. The third-order valence-corrected chi connectivity index (χ3v) is 5.79. The van der Waals surface area contributed by atoms with Crippen LogP contribution in [-0.4, -0.2) is 30.5 Å². The van der Waals surface area contributed by atoms with E-state index in [0.717, 1.165) is 34.9 Å². The van der Waals surface area contributed by atoms with Gasteiger partial charge in [0.2, 0.25) is 0 Å². The molecule has 3 nitrogen and oxygen atoms in total. The number of aromatic nitrogens is 1. The van der Waals surface area contributed by atoms with Crippen LogP contribution >= 0.6 is 24.8 Å². The van der Waals surface area contributed by atoms with Crippen molar-refractivity contribution >= 4 is 24.8 Å². The summed E-state index contributed by atoms with van der Waals surface area (Å²) >= 11 is 0. The molecule has 166 valence electrons. The van der Waals surface area contributed by atoms with Crippen LogP contribution in [-0.2, 0) is 19.4 Å². The summed E-state index contributed by atoms with van der Waals surface area (Å²) in [5.74, 6) is 1.77. The van der Waals surface area contributed by atoms with Crippen molar-refractivity contribution in [3.8, 4) is 17.0 Å². The first-order valence-corrected chi connectivity index (χ1v) is 10.6. The van der Waals surface area contributed by atoms with Crippen LogP contribution in [0, 0.1) is 5.92 Å². The molecule has 5 heteroatoms. The first-order chi connectivity index (χ1) is 14.2. The van der Waals surface area contributed by atoms with Crippen molar-refractivity contribution in [3.05, 3.63) is 83.6 Å². The lowest BCUT2D eigenvalue weighted by atomic mass is 9.82. The number of halogens is 2. The van der Waals surface area contributed by atoms with Crippen LogP contribution in [0.15, 0.2) is 66.9 Å². The Morgan fingerprint density at radius 1 is 0.968 bits per heavy atom. The van der Waals surface area contributed by atoms with Gasteiger partial charge in [0.05, 0.1) is 5.69 Å². The zero-order valence-corrected chi connectivity index (χ0v) is 19.9. The molecule has 4 rings (SSSR count). The summed E-state index contributed by atoms with van der Waals surface area (Å²) in [4.78, 5) is 6.87. The Morgan fingerprint density at radius 2 is 1.77 bits per heavy atom. The summed E-state index contributed by atoms with van der Waals surface area (Å²) in [6.45, 7) is 1.73. The Bertz CT molecular complexity index is 930. The number of rotatable bonds is 7. The largest absolute Gasteiger partial charge is 0.489 e. The van der Waals surface area contributed by atoms with Gasteiger partial charge in [0.1, 0.15) is 12.4 Å². The van der Waals surface area contributed by atoms with Crippen molar-refractivity contribution in [2.45, 2.75) is 32.3 Å². The van der Waals surface area contributed by atoms with E-state index < -0.39 is 0 Å². The van der Waals surface area contributed by atoms with Gasteiger partial charge in [-0.1, -0.05) is 42.5 Å². The lowest BCUT2D eigenvalue weighted by molar-refractivity contribution is 0.304. The van der Waals surface area contributed by atoms with E-state index in [1.165, 1.54) is 36.9 Å². The summed E-state index contributed by atoms with van der Waals surface area (Å²) < 4.78 is 6.06. The minimum absolute atomic E-state index is 0. The monoisotopic (exact) mass is 458 g/mol. The van der Waals surface area contributed by atoms with Gasteiger partial charge >= 0.3 is 0 Å². The van der Waals surface area contributed by atoms with Crippen molar-refractivity contribution in [2.24, 2.45) is 5.92 Å². The minimum Gasteiger partial charge on any atom is -0.489 e. The van der Waals surface area contributed by atoms with E-state index in [-0.39, 0.29) is 24.8 Å². The highest BCUT2D eigenvalue weighted by molar-refractivity contribution is 5.85. The molecule has 0 radical (unpaired) electrons. The third-order valence-electron chi connectivity index (χ3n) is 5.79. The maximum Gasteiger partial charge on any atom is 0.120 e. The van der Waals surface area contributed by atoms with Crippen molar-refractivity contribution in [1.82, 2.24) is 9.88 Å². The number of aryl methyl sites for hydroxylation is 1. The number of pyridine rings is 1. The van der Waals surface area contributed by atoms with E-state index in [0.29, 0.717) is 6.61 Å². The molecule has 1 aromatic heterocycles. The first-order valence-electron chi connectivity index (χ1n) is 10.6. The predicted molar refractivity (Wildman–Crippen MR) is 134 cm³/mol. The van der Waals surface area contributed by atoms with Crippen molar-refractivity contribution in [1.29, 1.82) is 0 Å². The number of hydrogen-bond acceptors (Lipinski definition) is 3. The zero-order chi connectivity index (χ0) is 20.1. The molecule has 0 spiro atoms. The van der Waals surface area contributed by atoms with E-state index in [9.17, 15) is 0 Å². The van der Waals surface area contributed by atoms with Crippen LogP contribution in [0.25, 0.3) is 11.3 Å². The van der Waals surface area contributed by atoms with Crippen LogP contribution in [0.4, 0.5) is 0 Å². The van der Waals surface area contributed by atoms with Crippen LogP contribution in [0.5, 0.6) is 5.75 Å². The Kier molecular flexibility index (Phi) is 9.83. The maximum absolute atomic E-state index is 6.06. The molecular formula is C26H32Cl2N2O. The Hall–Kier alpha value is -2.07. The summed E-state index contributed by atoms with van der Waals surface area (Å²) in [6.07, 6.45) is 6.86. The van der Waals surface area contributed by atoms with E-state index in [2.05, 4.69) is 66.4 Å². The second-order valence-corrected chi connectivity index (χ2v) is 8.34. The predicted octanol–water partition coefficient (Wildman–Crippen LogP) is 6.23. The molecule has 1 heterocycles. The molecule has 0 fully saturated rings. The molecule has 0 saturated heterocycles. The Morgan fingerprint density at radius 3 is 2.48 bits per heavy atom. The molecule has 0 saturated carbocycles. The molecule has 3 aromatic rings. The summed E-state index contributed by atoms with van der Waals surface area (Å²) in [6, 6.07) is 21.0. The second kappa shape index (κ2) is 12.1. The van der Waals surface area contributed by atoms with Gasteiger partial charge in [-0.2, -0.15) is 0 Å². The third kappa shape index (κ3) is 6.96. The van der Waals surface area contributed by atoms with Gasteiger partial charge in [-0.3, -0.25) is 4.98 Å². The fourth-order valence-corrected chi connectivity index (χ4v) is 4.04. The molecule has 1 atom stereocenters. The summed E-state index contributed by atoms with van der Waals surface area (Å²) in [5, 5.41) is 0. The molecule has 1 aliphatic rings. The Labute approximate surface area is 198 Å². The summed E-state index contributed by atoms with van der Waals surface area (Å²) in [7, 11) is 4.32. The van der Waals surface area contributed by atoms with Crippen LogP contribution in [0.3, 0.4) is 0 Å². The lowest BCUT2D eigenvalue weighted by Gasteiger charge is -2.26. The van der Waals surface area contributed by atoms with Gasteiger partial charge in [-0.25, -0.2) is 0 Å². The molecule has 31 heavy (non-hydrogen) atoms. The van der Waals surface area contributed by atoms with Crippen LogP contribution < -0.4 is 4.74 Å². The number of hydrogen-bond donors (Lipinski definition) is 0. The number of nitrogens with zero attached hydrogens (tertiary/aromatic N) is 2. The van der Waals surface area contributed by atoms with Crippen molar-refractivity contribution in [3.63, 3.8) is 0 Å². The van der Waals surface area contributed by atoms with Gasteiger partial charge in [0.25, 0.3) is 0 Å². The van der Waals surface area contributed by atoms with Crippen molar-refractivity contribution < 1.29 is 4.74 Å². The normalized spacial score (nSPS) is 14.9. The average Bonchev–Trinajstić information content (AvgIpc) is 2.77. The van der Waals surface area contributed by atoms with Gasteiger partial charge in [-0.05, 0) is 81.6 Å². The van der Waals surface area contributed by atoms with Gasteiger partial charge in [0, 0.05) is 17.3 Å². The fraction of sp³-hybridized carbons (Fsp3) is 0.346. The minimum atomic E-state index is 0. The molecule has 2 aromatic carbocycles. The molecular weight excluding hydrogens is 427 g/mol. The molecule has 0 bridgehead atoms. The topological polar surface area (TPSA) is 25.4 Å². The molecule has 0 aliphatic heterocycles. The number of fused-ring (bicyclic) bond motifs is 1. The standard InChI is InChI=1S/C26H30N2O.2ClH/c1-28(2)15-14-20-8-10-24-17-25(12-11-23(24)16-20)29-19-21-9-13-26(27-18-21)22-6-4-3-5-7-22;;/h3-7,9,11-13,17-18,20H,8,10,14-16,19H2,1-2H3;2*1H. The number of benzene rings is 2. The van der Waals surface area contributed by atoms with E-state index >= 15 is 0 Å². The second-order valence-electron chi connectivity index (χ2n) is 8.34. The highest BCUT2D eigenvalue weighted by Crippen LogP contribution is 2.30. The van der Waals surface area contributed by atoms with Crippen LogP contribution in [0.2, 0.25) is 0 Å². The SMILES string of the molecule is CN(C)CCC1CCc2cc(OCc3ccc(-c4ccccc4)nc3)ccc2C1.Cl.Cl. The van der Waals surface area contributed by atoms with E-state index in [1.807, 2.05) is 24.4 Å². The number of ether oxygens (including phenoxy) is 1. The fourth-order valence-electron chi connectivity index (χ4n) is 4.04. The van der Waals surface area contributed by atoms with E-state index in [4.69, 9.17) is 4.74 Å². The molecule has 1 unspecified atom stereocenters. The lowest BCUT2D eigenvalue weighted by Crippen LogP contribution is -2.21. The smallest absolute Gasteiger partial charge is 0.120 e. The highest BCUT2D eigenvalue weighted by atomic mass is 35.5. The molecule has 1 aliphatic carbocycles. The van der Waals surface area contributed by atoms with Crippen LogP contribution in [0.1, 0.15) is 29.5 Å². The Balaban J connectivity index is 0.00000171. The first kappa shape index (κ1) is 25.2. The van der Waals surface area contributed by atoms with Gasteiger partial charge in [0.15, 0.2) is 0 Å². The average molecular weight is 459 g/mol. The van der Waals surface area contributed by atoms with Crippen molar-refractivity contribution in [2.75, 3.05) is 20.6 Å². The van der Waals surface area contributed by atoms with Gasteiger partial charge < -0.3 is 9.64 Å². The molecule has 0 amide bonds. The maximum atomic E-state index is 6.06. The summed E-state index contributed by atoms with van der Waals surface area (Å²) in [5.41, 5.74) is 6.18. The molecule has 0 N–H and O–H groups in total.